The molecule has 2 N–H and O–H groups in total. The summed E-state index contributed by atoms with van der Waals surface area (Å²) < 4.78 is 10.1. The molecule has 2 heterocycles. The van der Waals surface area contributed by atoms with Gasteiger partial charge in [-0.05, 0) is 37.1 Å². The number of hydrogen-bond acceptors (Lipinski definition) is 6. The fourth-order valence-corrected chi connectivity index (χ4v) is 3.14. The standard InChI is InChI=1S/C18H22N4O4/c1-21(18(24)16-11-15(17(19)23)20-26-16)12-7-9-22(10-8-12)13-3-5-14(25-2)6-4-13/h3-6,11-12H,7-10H2,1-2H3,(H2,19,23). The van der Waals surface area contributed by atoms with Gasteiger partial charge >= 0.3 is 0 Å². The topological polar surface area (TPSA) is 102 Å². The van der Waals surface area contributed by atoms with Crippen LogP contribution in [0.1, 0.15) is 33.9 Å². The Morgan fingerprint density at radius 1 is 1.27 bits per heavy atom. The molecule has 26 heavy (non-hydrogen) atoms. The molecular formula is C18H22N4O4. The highest BCUT2D eigenvalue weighted by molar-refractivity contribution is 5.96. The fraction of sp³-hybridized carbons (Fsp3) is 0.389. The maximum Gasteiger partial charge on any atom is 0.292 e. The van der Waals surface area contributed by atoms with E-state index in [4.69, 9.17) is 15.0 Å². The highest BCUT2D eigenvalue weighted by Crippen LogP contribution is 2.25. The largest absolute Gasteiger partial charge is 0.497 e. The van der Waals surface area contributed by atoms with E-state index in [0.717, 1.165) is 37.4 Å². The summed E-state index contributed by atoms with van der Waals surface area (Å²) in [4.78, 5) is 27.5. The van der Waals surface area contributed by atoms with Crippen LogP contribution in [0.4, 0.5) is 5.69 Å². The summed E-state index contributed by atoms with van der Waals surface area (Å²) >= 11 is 0. The van der Waals surface area contributed by atoms with Crippen LogP contribution >= 0.6 is 0 Å². The predicted molar refractivity (Wildman–Crippen MR) is 95.3 cm³/mol. The first-order valence-electron chi connectivity index (χ1n) is 8.42. The molecule has 1 fully saturated rings. The van der Waals surface area contributed by atoms with Gasteiger partial charge in [-0.3, -0.25) is 9.59 Å². The average Bonchev–Trinajstić information content (AvgIpc) is 3.17. The van der Waals surface area contributed by atoms with Crippen molar-refractivity contribution < 1.29 is 18.8 Å². The van der Waals surface area contributed by atoms with E-state index in [-0.39, 0.29) is 23.4 Å². The molecule has 1 aliphatic rings. The average molecular weight is 358 g/mol. The van der Waals surface area contributed by atoms with E-state index >= 15 is 0 Å². The maximum absolute atomic E-state index is 12.5. The van der Waals surface area contributed by atoms with Gasteiger partial charge in [0.05, 0.1) is 7.11 Å². The molecule has 0 bridgehead atoms. The van der Waals surface area contributed by atoms with Gasteiger partial charge in [0.25, 0.3) is 11.8 Å². The molecule has 1 aromatic carbocycles. The van der Waals surface area contributed by atoms with Gasteiger partial charge in [0.1, 0.15) is 5.75 Å². The number of piperidine rings is 1. The number of methoxy groups -OCH3 is 1. The monoisotopic (exact) mass is 358 g/mol. The minimum Gasteiger partial charge on any atom is -0.497 e. The number of rotatable bonds is 5. The first-order valence-corrected chi connectivity index (χ1v) is 8.42. The molecule has 0 unspecified atom stereocenters. The molecule has 0 atom stereocenters. The lowest BCUT2D eigenvalue weighted by Gasteiger charge is -2.37. The number of amides is 2. The highest BCUT2D eigenvalue weighted by atomic mass is 16.5. The molecule has 1 saturated heterocycles. The molecule has 1 aromatic heterocycles. The Labute approximate surface area is 151 Å². The van der Waals surface area contributed by atoms with Crippen LogP contribution in [0.15, 0.2) is 34.9 Å². The van der Waals surface area contributed by atoms with Gasteiger partial charge in [0.2, 0.25) is 5.76 Å². The summed E-state index contributed by atoms with van der Waals surface area (Å²) in [7, 11) is 3.39. The lowest BCUT2D eigenvalue weighted by Crippen LogP contribution is -2.45. The minimum absolute atomic E-state index is 0.0267. The molecule has 3 rings (SSSR count). The lowest BCUT2D eigenvalue weighted by atomic mass is 10.0. The van der Waals surface area contributed by atoms with Gasteiger partial charge in [0, 0.05) is 37.9 Å². The lowest BCUT2D eigenvalue weighted by molar-refractivity contribution is 0.0666. The van der Waals surface area contributed by atoms with Crippen LogP contribution in [-0.2, 0) is 0 Å². The van der Waals surface area contributed by atoms with Gasteiger partial charge in [-0.25, -0.2) is 0 Å². The first kappa shape index (κ1) is 17.8. The van der Waals surface area contributed by atoms with Gasteiger partial charge < -0.3 is 24.8 Å². The highest BCUT2D eigenvalue weighted by Gasteiger charge is 2.28. The normalized spacial score (nSPS) is 14.9. The number of anilines is 1. The zero-order chi connectivity index (χ0) is 18.7. The van der Waals surface area contributed by atoms with Gasteiger partial charge in [0.15, 0.2) is 5.69 Å². The SMILES string of the molecule is COc1ccc(N2CCC(N(C)C(=O)c3cc(C(N)=O)no3)CC2)cc1. The van der Waals surface area contributed by atoms with Crippen molar-refractivity contribution >= 4 is 17.5 Å². The molecule has 1 aliphatic heterocycles. The zero-order valence-electron chi connectivity index (χ0n) is 14.8. The third-order valence-corrected chi connectivity index (χ3v) is 4.74. The smallest absolute Gasteiger partial charge is 0.292 e. The predicted octanol–water partition coefficient (Wildman–Crippen LogP) is 1.52. The Morgan fingerprint density at radius 3 is 2.46 bits per heavy atom. The van der Waals surface area contributed by atoms with E-state index in [1.165, 1.54) is 6.07 Å². The second kappa shape index (κ2) is 7.47. The molecule has 0 aliphatic carbocycles. The Morgan fingerprint density at radius 2 is 1.92 bits per heavy atom. The maximum atomic E-state index is 12.5. The van der Waals surface area contributed by atoms with Crippen LogP contribution in [0, 0.1) is 0 Å². The van der Waals surface area contributed by atoms with Crippen molar-refractivity contribution in [2.45, 2.75) is 18.9 Å². The van der Waals surface area contributed by atoms with Crippen molar-refractivity contribution in [1.29, 1.82) is 0 Å². The second-order valence-electron chi connectivity index (χ2n) is 6.27. The Bertz CT molecular complexity index is 779. The molecule has 2 amide bonds. The molecular weight excluding hydrogens is 336 g/mol. The molecule has 138 valence electrons. The third-order valence-electron chi connectivity index (χ3n) is 4.74. The Kier molecular flexibility index (Phi) is 5.11. The van der Waals surface area contributed by atoms with Crippen molar-refractivity contribution in [2.75, 3.05) is 32.1 Å². The molecule has 0 spiro atoms. The minimum atomic E-state index is -0.719. The molecule has 0 radical (unpaired) electrons. The number of hydrogen-bond donors (Lipinski definition) is 1. The van der Waals surface area contributed by atoms with E-state index in [1.807, 2.05) is 24.3 Å². The Hall–Kier alpha value is -3.03. The number of nitrogens with two attached hydrogens (primary N) is 1. The summed E-state index contributed by atoms with van der Waals surface area (Å²) in [5.74, 6) is -0.161. The summed E-state index contributed by atoms with van der Waals surface area (Å²) in [6, 6.07) is 9.34. The summed E-state index contributed by atoms with van der Waals surface area (Å²) in [5, 5.41) is 3.51. The van der Waals surface area contributed by atoms with E-state index in [1.54, 1.807) is 19.1 Å². The van der Waals surface area contributed by atoms with Crippen LogP contribution < -0.4 is 15.4 Å². The molecule has 2 aromatic rings. The van der Waals surface area contributed by atoms with E-state index in [9.17, 15) is 9.59 Å². The van der Waals surface area contributed by atoms with Crippen molar-refractivity contribution in [1.82, 2.24) is 10.1 Å². The number of carbonyl (C=O) groups excluding carboxylic acids is 2. The van der Waals surface area contributed by atoms with Crippen molar-refractivity contribution in [2.24, 2.45) is 5.73 Å². The van der Waals surface area contributed by atoms with Crippen LogP contribution in [0.25, 0.3) is 0 Å². The van der Waals surface area contributed by atoms with Crippen LogP contribution in [0.2, 0.25) is 0 Å². The number of primary amides is 1. The first-order chi connectivity index (χ1) is 12.5. The number of ether oxygens (including phenoxy) is 1. The summed E-state index contributed by atoms with van der Waals surface area (Å²) in [6.45, 7) is 1.69. The number of carbonyl (C=O) groups is 2. The summed E-state index contributed by atoms with van der Waals surface area (Å²) in [5.41, 5.74) is 6.23. The zero-order valence-corrected chi connectivity index (χ0v) is 14.8. The van der Waals surface area contributed by atoms with Crippen molar-refractivity contribution in [3.8, 4) is 5.75 Å². The van der Waals surface area contributed by atoms with E-state index < -0.39 is 5.91 Å². The van der Waals surface area contributed by atoms with Crippen LogP contribution in [0.5, 0.6) is 5.75 Å². The van der Waals surface area contributed by atoms with E-state index in [2.05, 4.69) is 10.1 Å². The molecule has 8 heteroatoms. The second-order valence-corrected chi connectivity index (χ2v) is 6.27. The quantitative estimate of drug-likeness (QED) is 0.869. The number of aromatic nitrogens is 1. The molecule has 8 nitrogen and oxygen atoms in total. The Balaban J connectivity index is 1.59. The van der Waals surface area contributed by atoms with E-state index in [0.29, 0.717) is 0 Å². The van der Waals surface area contributed by atoms with Gasteiger partial charge in [-0.2, -0.15) is 0 Å². The van der Waals surface area contributed by atoms with Crippen LogP contribution in [0.3, 0.4) is 0 Å². The van der Waals surface area contributed by atoms with Gasteiger partial charge in [-0.1, -0.05) is 5.16 Å². The summed E-state index contributed by atoms with van der Waals surface area (Å²) in [6.07, 6.45) is 1.68. The number of benzene rings is 1. The third kappa shape index (κ3) is 3.63. The van der Waals surface area contributed by atoms with Gasteiger partial charge in [-0.15, -0.1) is 0 Å². The van der Waals surface area contributed by atoms with Crippen molar-refractivity contribution in [3.63, 3.8) is 0 Å². The molecule has 0 saturated carbocycles. The van der Waals surface area contributed by atoms with Crippen molar-refractivity contribution in [3.05, 3.63) is 41.8 Å². The fourth-order valence-electron chi connectivity index (χ4n) is 3.14. The van der Waals surface area contributed by atoms with Crippen LogP contribution in [-0.4, -0.2) is 55.2 Å². The number of nitrogens with zero attached hydrogens (tertiary/aromatic N) is 3.